The smallest absolute Gasteiger partial charge is 0.138 e. The molecule has 0 fully saturated rings. The van der Waals surface area contributed by atoms with Crippen molar-refractivity contribution in [3.8, 4) is 5.75 Å². The van der Waals surface area contributed by atoms with Crippen LogP contribution in [-0.2, 0) is 26.6 Å². The topological polar surface area (TPSA) is 52.0 Å². The molecule has 2 rings (SSSR count). The lowest BCUT2D eigenvalue weighted by Gasteiger charge is -2.07. The quantitative estimate of drug-likeness (QED) is 0.878. The summed E-state index contributed by atoms with van der Waals surface area (Å²) in [5, 5.41) is 7.51. The highest BCUT2D eigenvalue weighted by Crippen LogP contribution is 2.23. The molecule has 0 aliphatic rings. The van der Waals surface area contributed by atoms with Gasteiger partial charge in [-0.15, -0.1) is 0 Å². The van der Waals surface area contributed by atoms with Gasteiger partial charge < -0.3 is 10.1 Å². The normalized spacial score (nSPS) is 10.8. The summed E-state index contributed by atoms with van der Waals surface area (Å²) >= 11 is 3.58. The molecule has 20 heavy (non-hydrogen) atoms. The van der Waals surface area contributed by atoms with Gasteiger partial charge >= 0.3 is 0 Å². The predicted octanol–water partition coefficient (Wildman–Crippen LogP) is 2.44. The fourth-order valence-electron chi connectivity index (χ4n) is 1.91. The number of hydrogen-bond donors (Lipinski definition) is 1. The second-order valence-electron chi connectivity index (χ2n) is 4.49. The lowest BCUT2D eigenvalue weighted by atomic mass is 10.3. The van der Waals surface area contributed by atoms with E-state index >= 15 is 0 Å². The maximum atomic E-state index is 5.77. The Balaban J connectivity index is 2.03. The number of rotatable bonds is 6. The molecular weight excluding hydrogens is 320 g/mol. The van der Waals surface area contributed by atoms with Gasteiger partial charge in [0.2, 0.25) is 0 Å². The molecule has 1 N–H and O–H groups in total. The van der Waals surface area contributed by atoms with Crippen LogP contribution in [0.15, 0.2) is 22.8 Å². The summed E-state index contributed by atoms with van der Waals surface area (Å²) in [5.41, 5.74) is 3.07. The Kier molecular flexibility index (Phi) is 5.14. The second-order valence-corrected chi connectivity index (χ2v) is 5.28. The van der Waals surface area contributed by atoms with Crippen molar-refractivity contribution in [2.45, 2.75) is 26.5 Å². The Hall–Kier alpha value is -1.40. The van der Waals surface area contributed by atoms with Crippen LogP contribution < -0.4 is 10.1 Å². The molecule has 0 saturated carbocycles. The molecule has 2 heterocycles. The van der Waals surface area contributed by atoms with Crippen molar-refractivity contribution >= 4 is 15.9 Å². The van der Waals surface area contributed by atoms with E-state index in [-0.39, 0.29) is 0 Å². The van der Waals surface area contributed by atoms with E-state index in [9.17, 15) is 0 Å². The molecule has 2 aromatic rings. The standard InChI is InChI=1S/C14H19BrN4O/c1-4-12-14(15)13(19(3)18-12)9-20-11-6-5-10(7-16-2)17-8-11/h5-6,8,16H,4,7,9H2,1-3H3. The van der Waals surface area contributed by atoms with Gasteiger partial charge in [-0.3, -0.25) is 9.67 Å². The van der Waals surface area contributed by atoms with Crippen molar-refractivity contribution in [3.63, 3.8) is 0 Å². The average molecular weight is 339 g/mol. The predicted molar refractivity (Wildman–Crippen MR) is 81.6 cm³/mol. The molecule has 0 aliphatic heterocycles. The third kappa shape index (κ3) is 3.37. The van der Waals surface area contributed by atoms with Crippen molar-refractivity contribution in [2.24, 2.45) is 7.05 Å². The molecule has 0 aromatic carbocycles. The summed E-state index contributed by atoms with van der Waals surface area (Å²) < 4.78 is 8.65. The fraction of sp³-hybridized carbons (Fsp3) is 0.429. The van der Waals surface area contributed by atoms with E-state index in [4.69, 9.17) is 4.74 Å². The Labute approximate surface area is 127 Å². The fourth-order valence-corrected chi connectivity index (χ4v) is 2.64. The molecule has 0 saturated heterocycles. The highest BCUT2D eigenvalue weighted by molar-refractivity contribution is 9.10. The lowest BCUT2D eigenvalue weighted by molar-refractivity contribution is 0.292. The largest absolute Gasteiger partial charge is 0.486 e. The van der Waals surface area contributed by atoms with E-state index in [0.29, 0.717) is 6.61 Å². The molecule has 2 aromatic heterocycles. The molecule has 5 nitrogen and oxygen atoms in total. The third-order valence-electron chi connectivity index (χ3n) is 3.03. The number of aromatic nitrogens is 3. The number of ether oxygens (including phenoxy) is 1. The average Bonchev–Trinajstić information content (AvgIpc) is 2.73. The lowest BCUT2D eigenvalue weighted by Crippen LogP contribution is -2.07. The molecule has 0 atom stereocenters. The number of nitrogens with one attached hydrogen (secondary N) is 1. The molecule has 0 unspecified atom stereocenters. The van der Waals surface area contributed by atoms with Crippen LogP contribution in [0.5, 0.6) is 5.75 Å². The first-order chi connectivity index (χ1) is 9.65. The summed E-state index contributed by atoms with van der Waals surface area (Å²) in [7, 11) is 3.83. The monoisotopic (exact) mass is 338 g/mol. The Morgan fingerprint density at radius 2 is 2.20 bits per heavy atom. The number of nitrogens with zero attached hydrogens (tertiary/aromatic N) is 3. The van der Waals surface area contributed by atoms with Crippen LogP contribution in [-0.4, -0.2) is 21.8 Å². The molecule has 0 spiro atoms. The molecule has 0 radical (unpaired) electrons. The molecular formula is C14H19BrN4O. The number of aryl methyl sites for hydroxylation is 2. The van der Waals surface area contributed by atoms with Crippen LogP contribution in [0.3, 0.4) is 0 Å². The van der Waals surface area contributed by atoms with Gasteiger partial charge in [0.15, 0.2) is 0 Å². The van der Waals surface area contributed by atoms with Crippen molar-refractivity contribution in [1.29, 1.82) is 0 Å². The Bertz CT molecular complexity index is 565. The van der Waals surface area contributed by atoms with Crippen LogP contribution in [0.4, 0.5) is 0 Å². The molecule has 0 bridgehead atoms. The van der Waals surface area contributed by atoms with Crippen LogP contribution in [0.1, 0.15) is 24.0 Å². The summed E-state index contributed by atoms with van der Waals surface area (Å²) in [4.78, 5) is 4.33. The van der Waals surface area contributed by atoms with Gasteiger partial charge in [-0.2, -0.15) is 5.10 Å². The minimum absolute atomic E-state index is 0.469. The zero-order valence-corrected chi connectivity index (χ0v) is 13.6. The van der Waals surface area contributed by atoms with E-state index in [1.54, 1.807) is 6.20 Å². The minimum atomic E-state index is 0.469. The van der Waals surface area contributed by atoms with Gasteiger partial charge in [0, 0.05) is 13.6 Å². The van der Waals surface area contributed by atoms with E-state index in [2.05, 4.69) is 38.3 Å². The van der Waals surface area contributed by atoms with Gasteiger partial charge in [-0.05, 0) is 41.5 Å². The third-order valence-corrected chi connectivity index (χ3v) is 3.95. The van der Waals surface area contributed by atoms with Crippen LogP contribution >= 0.6 is 15.9 Å². The highest BCUT2D eigenvalue weighted by Gasteiger charge is 2.12. The first-order valence-electron chi connectivity index (χ1n) is 6.58. The van der Waals surface area contributed by atoms with Crippen molar-refractivity contribution in [1.82, 2.24) is 20.1 Å². The van der Waals surface area contributed by atoms with Crippen molar-refractivity contribution in [2.75, 3.05) is 7.05 Å². The van der Waals surface area contributed by atoms with Crippen LogP contribution in [0.25, 0.3) is 0 Å². The highest BCUT2D eigenvalue weighted by atomic mass is 79.9. The summed E-state index contributed by atoms with van der Waals surface area (Å²) in [6, 6.07) is 3.90. The summed E-state index contributed by atoms with van der Waals surface area (Å²) in [5.74, 6) is 0.760. The summed E-state index contributed by atoms with van der Waals surface area (Å²) in [6.07, 6.45) is 2.65. The number of hydrogen-bond acceptors (Lipinski definition) is 4. The first-order valence-corrected chi connectivity index (χ1v) is 7.37. The maximum absolute atomic E-state index is 5.77. The van der Waals surface area contributed by atoms with Crippen molar-refractivity contribution < 1.29 is 4.74 Å². The van der Waals surface area contributed by atoms with E-state index in [0.717, 1.165) is 40.3 Å². The second kappa shape index (κ2) is 6.85. The molecule has 0 aliphatic carbocycles. The van der Waals surface area contributed by atoms with Gasteiger partial charge in [-0.1, -0.05) is 6.92 Å². The first kappa shape index (κ1) is 15.0. The zero-order valence-electron chi connectivity index (χ0n) is 12.0. The van der Waals surface area contributed by atoms with Gasteiger partial charge in [0.05, 0.1) is 27.8 Å². The number of pyridine rings is 1. The van der Waals surface area contributed by atoms with Crippen LogP contribution in [0.2, 0.25) is 0 Å². The molecule has 6 heteroatoms. The Morgan fingerprint density at radius 1 is 1.40 bits per heavy atom. The molecule has 108 valence electrons. The maximum Gasteiger partial charge on any atom is 0.138 e. The van der Waals surface area contributed by atoms with Gasteiger partial charge in [0.25, 0.3) is 0 Å². The summed E-state index contributed by atoms with van der Waals surface area (Å²) in [6.45, 7) is 3.31. The van der Waals surface area contributed by atoms with Gasteiger partial charge in [-0.25, -0.2) is 0 Å². The SMILES string of the molecule is CCc1nn(C)c(COc2ccc(CNC)nc2)c1Br. The van der Waals surface area contributed by atoms with E-state index in [1.165, 1.54) is 0 Å². The number of halogens is 1. The van der Waals surface area contributed by atoms with E-state index in [1.807, 2.05) is 30.9 Å². The van der Waals surface area contributed by atoms with Gasteiger partial charge in [0.1, 0.15) is 12.4 Å². The minimum Gasteiger partial charge on any atom is -0.486 e. The van der Waals surface area contributed by atoms with E-state index < -0.39 is 0 Å². The molecule has 0 amide bonds. The van der Waals surface area contributed by atoms with Crippen LogP contribution in [0, 0.1) is 0 Å². The Morgan fingerprint density at radius 3 is 2.75 bits per heavy atom. The zero-order chi connectivity index (χ0) is 14.5. The van der Waals surface area contributed by atoms with Crippen molar-refractivity contribution in [3.05, 3.63) is 39.9 Å².